The van der Waals surface area contributed by atoms with E-state index in [4.69, 9.17) is 4.74 Å². The summed E-state index contributed by atoms with van der Waals surface area (Å²) in [5, 5.41) is 0. The predicted molar refractivity (Wildman–Crippen MR) is 69.2 cm³/mol. The van der Waals surface area contributed by atoms with E-state index in [9.17, 15) is 16.8 Å². The third-order valence-electron chi connectivity index (χ3n) is 1.98. The second kappa shape index (κ2) is 5.15. The first-order valence-corrected chi connectivity index (χ1v) is 8.86. The lowest BCUT2D eigenvalue weighted by Crippen LogP contribution is -2.11. The summed E-state index contributed by atoms with van der Waals surface area (Å²) in [6, 6.07) is 3.99. The van der Waals surface area contributed by atoms with E-state index in [2.05, 4.69) is 4.72 Å². The maximum atomic E-state index is 11.4. The van der Waals surface area contributed by atoms with Crippen molar-refractivity contribution in [1.29, 1.82) is 0 Å². The fourth-order valence-electron chi connectivity index (χ4n) is 1.29. The smallest absolute Gasteiger partial charge is 0.229 e. The van der Waals surface area contributed by atoms with Crippen LogP contribution in [0.5, 0.6) is 5.75 Å². The molecule has 18 heavy (non-hydrogen) atoms. The Kier molecular flexibility index (Phi) is 4.23. The largest absolute Gasteiger partial charge is 0.492 e. The van der Waals surface area contributed by atoms with E-state index >= 15 is 0 Å². The van der Waals surface area contributed by atoms with E-state index in [1.165, 1.54) is 18.2 Å². The Bertz CT molecular complexity index is 634. The fourth-order valence-corrected chi connectivity index (χ4v) is 2.50. The van der Waals surface area contributed by atoms with Crippen LogP contribution in [0, 0.1) is 0 Å². The van der Waals surface area contributed by atoms with Crippen LogP contribution in [0.1, 0.15) is 6.92 Å². The van der Waals surface area contributed by atoms with Gasteiger partial charge < -0.3 is 4.74 Å². The molecule has 0 saturated heterocycles. The van der Waals surface area contributed by atoms with Crippen molar-refractivity contribution in [3.63, 3.8) is 0 Å². The van der Waals surface area contributed by atoms with Gasteiger partial charge in [-0.15, -0.1) is 0 Å². The molecule has 0 aliphatic carbocycles. The number of sulfonamides is 1. The maximum Gasteiger partial charge on any atom is 0.229 e. The number of hydrogen-bond donors (Lipinski definition) is 1. The molecule has 0 fully saturated rings. The van der Waals surface area contributed by atoms with Gasteiger partial charge in [-0.3, -0.25) is 4.72 Å². The van der Waals surface area contributed by atoms with E-state index in [-0.39, 0.29) is 16.3 Å². The van der Waals surface area contributed by atoms with Gasteiger partial charge in [0.15, 0.2) is 9.84 Å². The van der Waals surface area contributed by atoms with Gasteiger partial charge in [0, 0.05) is 12.3 Å². The highest BCUT2D eigenvalue weighted by Gasteiger charge is 2.14. The number of nitrogens with one attached hydrogen (secondary N) is 1. The predicted octanol–water partition coefficient (Wildman–Crippen LogP) is 0.860. The summed E-state index contributed by atoms with van der Waals surface area (Å²) < 4.78 is 52.6. The quantitative estimate of drug-likeness (QED) is 0.869. The van der Waals surface area contributed by atoms with Gasteiger partial charge in [0.25, 0.3) is 0 Å². The molecular weight excluding hydrogens is 278 g/mol. The van der Waals surface area contributed by atoms with Gasteiger partial charge in [-0.1, -0.05) is 0 Å². The summed E-state index contributed by atoms with van der Waals surface area (Å²) in [6.07, 6.45) is 2.08. The summed E-state index contributed by atoms with van der Waals surface area (Å²) in [5.41, 5.74) is 0.215. The number of anilines is 1. The zero-order chi connectivity index (χ0) is 14.0. The summed E-state index contributed by atoms with van der Waals surface area (Å²) in [4.78, 5) is 0.0741. The van der Waals surface area contributed by atoms with Crippen LogP contribution in [0.15, 0.2) is 23.1 Å². The Hall–Kier alpha value is -1.28. The van der Waals surface area contributed by atoms with Crippen LogP contribution in [0.4, 0.5) is 5.69 Å². The SMILES string of the molecule is CCOc1cc(S(C)(=O)=O)ccc1NS(C)(=O)=O. The number of sulfone groups is 1. The van der Waals surface area contributed by atoms with Crippen LogP contribution in [0.2, 0.25) is 0 Å². The zero-order valence-electron chi connectivity index (χ0n) is 10.3. The molecule has 1 aromatic carbocycles. The third-order valence-corrected chi connectivity index (χ3v) is 3.68. The van der Waals surface area contributed by atoms with Gasteiger partial charge in [0.05, 0.1) is 23.4 Å². The van der Waals surface area contributed by atoms with E-state index in [1.54, 1.807) is 6.92 Å². The van der Waals surface area contributed by atoms with Crippen molar-refractivity contribution in [1.82, 2.24) is 0 Å². The monoisotopic (exact) mass is 293 g/mol. The normalized spacial score (nSPS) is 12.2. The highest BCUT2D eigenvalue weighted by molar-refractivity contribution is 7.92. The molecule has 0 saturated carbocycles. The van der Waals surface area contributed by atoms with Gasteiger partial charge >= 0.3 is 0 Å². The van der Waals surface area contributed by atoms with Crippen LogP contribution >= 0.6 is 0 Å². The number of hydrogen-bond acceptors (Lipinski definition) is 5. The van der Waals surface area contributed by atoms with Crippen molar-refractivity contribution in [3.05, 3.63) is 18.2 Å². The minimum Gasteiger partial charge on any atom is -0.492 e. The third kappa shape index (κ3) is 4.19. The second-order valence-electron chi connectivity index (χ2n) is 3.74. The van der Waals surface area contributed by atoms with Crippen LogP contribution in [0.3, 0.4) is 0 Å². The molecule has 1 N–H and O–H groups in total. The molecular formula is C10H15NO5S2. The molecule has 0 spiro atoms. The number of rotatable bonds is 5. The molecule has 0 radical (unpaired) electrons. The molecule has 0 aliphatic heterocycles. The van der Waals surface area contributed by atoms with E-state index in [1.807, 2.05) is 0 Å². The van der Waals surface area contributed by atoms with E-state index in [0.717, 1.165) is 12.5 Å². The average molecular weight is 293 g/mol. The van der Waals surface area contributed by atoms with Gasteiger partial charge in [-0.2, -0.15) is 0 Å². The molecule has 0 aliphatic rings. The van der Waals surface area contributed by atoms with Gasteiger partial charge in [-0.05, 0) is 19.1 Å². The summed E-state index contributed by atoms with van der Waals surface area (Å²) >= 11 is 0. The minimum absolute atomic E-state index is 0.0741. The average Bonchev–Trinajstić information content (AvgIpc) is 2.17. The van der Waals surface area contributed by atoms with E-state index < -0.39 is 19.9 Å². The molecule has 0 unspecified atom stereocenters. The Morgan fingerprint density at radius 3 is 2.22 bits per heavy atom. The molecule has 0 amide bonds. The van der Waals surface area contributed by atoms with Gasteiger partial charge in [0.1, 0.15) is 5.75 Å². The molecule has 0 atom stereocenters. The van der Waals surface area contributed by atoms with Crippen molar-refractivity contribution >= 4 is 25.5 Å². The molecule has 0 heterocycles. The molecule has 1 aromatic rings. The van der Waals surface area contributed by atoms with Gasteiger partial charge in [-0.25, -0.2) is 16.8 Å². The molecule has 1 rings (SSSR count). The Morgan fingerprint density at radius 2 is 1.78 bits per heavy atom. The lowest BCUT2D eigenvalue weighted by molar-refractivity contribution is 0.341. The highest BCUT2D eigenvalue weighted by Crippen LogP contribution is 2.28. The molecule has 8 heteroatoms. The first-order valence-electron chi connectivity index (χ1n) is 5.08. The topological polar surface area (TPSA) is 89.5 Å². The first-order chi connectivity index (χ1) is 8.13. The summed E-state index contributed by atoms with van der Waals surface area (Å²) in [6.45, 7) is 2.02. The number of benzene rings is 1. The van der Waals surface area contributed by atoms with Crippen LogP contribution < -0.4 is 9.46 Å². The highest BCUT2D eigenvalue weighted by atomic mass is 32.2. The van der Waals surface area contributed by atoms with Crippen molar-refractivity contribution in [2.45, 2.75) is 11.8 Å². The van der Waals surface area contributed by atoms with Crippen molar-refractivity contribution in [2.75, 3.05) is 23.8 Å². The minimum atomic E-state index is -3.45. The Labute approximate surface area is 107 Å². The van der Waals surface area contributed by atoms with Crippen LogP contribution in [0.25, 0.3) is 0 Å². The zero-order valence-corrected chi connectivity index (χ0v) is 11.9. The molecule has 102 valence electrons. The molecule has 6 nitrogen and oxygen atoms in total. The standard InChI is InChI=1S/C10H15NO5S2/c1-4-16-10-7-8(17(2,12)13)5-6-9(10)11-18(3,14)15/h5-7,11H,4H2,1-3H3. The second-order valence-corrected chi connectivity index (χ2v) is 7.50. The summed E-state index contributed by atoms with van der Waals surface area (Å²) in [7, 11) is -6.81. The van der Waals surface area contributed by atoms with Crippen molar-refractivity contribution in [3.8, 4) is 5.75 Å². The first kappa shape index (κ1) is 14.8. The number of ether oxygens (including phenoxy) is 1. The fraction of sp³-hybridized carbons (Fsp3) is 0.400. The van der Waals surface area contributed by atoms with Gasteiger partial charge in [0.2, 0.25) is 10.0 Å². The van der Waals surface area contributed by atoms with Crippen molar-refractivity contribution in [2.24, 2.45) is 0 Å². The maximum absolute atomic E-state index is 11.4. The lowest BCUT2D eigenvalue weighted by Gasteiger charge is -2.12. The Balaban J connectivity index is 3.29. The van der Waals surface area contributed by atoms with Crippen LogP contribution in [-0.4, -0.2) is 36.0 Å². The van der Waals surface area contributed by atoms with Crippen molar-refractivity contribution < 1.29 is 21.6 Å². The Morgan fingerprint density at radius 1 is 1.17 bits per heavy atom. The lowest BCUT2D eigenvalue weighted by atomic mass is 10.3. The van der Waals surface area contributed by atoms with Crippen LogP contribution in [-0.2, 0) is 19.9 Å². The molecule has 0 aromatic heterocycles. The molecule has 0 bridgehead atoms. The summed E-state index contributed by atoms with van der Waals surface area (Å²) in [5.74, 6) is 0.186. The van der Waals surface area contributed by atoms with E-state index in [0.29, 0.717) is 6.61 Å².